The van der Waals surface area contributed by atoms with Crippen LogP contribution in [0.1, 0.15) is 12.5 Å². The molecule has 3 fully saturated rings. The van der Waals surface area contributed by atoms with E-state index in [2.05, 4.69) is 29.9 Å². The van der Waals surface area contributed by atoms with E-state index in [4.69, 9.17) is 55.6 Å². The number of imidazole rings is 2. The molecule has 7 rings (SSSR count). The van der Waals surface area contributed by atoms with Gasteiger partial charge in [0.1, 0.15) is 49.8 Å². The highest BCUT2D eigenvalue weighted by Crippen LogP contribution is 2.54. The number of aromatic amines is 1. The third kappa shape index (κ3) is 5.54. The van der Waals surface area contributed by atoms with Crippen LogP contribution in [0.25, 0.3) is 22.3 Å². The number of H-pyrrole nitrogens is 1. The number of hydrogen-bond donors (Lipinski definition) is 4. The molecule has 4 aromatic rings. The van der Waals surface area contributed by atoms with Crippen molar-refractivity contribution in [2.45, 2.75) is 49.1 Å². The monoisotopic (exact) mass is 703 g/mol. The van der Waals surface area contributed by atoms with Gasteiger partial charge in [-0.25, -0.2) is 24.3 Å². The van der Waals surface area contributed by atoms with Crippen molar-refractivity contribution in [3.8, 4) is 0 Å². The molecule has 3 saturated heterocycles. The van der Waals surface area contributed by atoms with Crippen LogP contribution in [0, 0.1) is 0 Å². The van der Waals surface area contributed by atoms with E-state index in [0.29, 0.717) is 0 Å². The zero-order chi connectivity index (χ0) is 32.5. The molecule has 0 aromatic carbocycles. The standard InChI is InChI=1S/C21H27BFN10O10P2S/c1-37-13-8-3-39-45(36,46)43-12-7(40-19(9(12)23)32-5-28-10-15(24)26-4-27-16(10)32)2-38-44(22,35)42-14(13)20(41-8)33-6-29-11-17(33)30-21(25)31-18(11)34/h4-9,12-14,19-20H,2-3H2,1,22H3,(H,36,46)(H2,24,26,27)(H3,25,30,31,34)/q-1/t7?,8?,9?,12?,13?,14?,19?,20?,44-,45?/m0/s1. The van der Waals surface area contributed by atoms with Gasteiger partial charge >= 0.3 is 6.72 Å². The number of nitrogens with one attached hydrogen (secondary N) is 1. The Balaban J connectivity index is 1.22. The lowest BCUT2D eigenvalue weighted by atomic mass is 10.1. The van der Waals surface area contributed by atoms with Crippen LogP contribution in [-0.2, 0) is 48.7 Å². The first-order valence-electron chi connectivity index (χ1n) is 13.1. The van der Waals surface area contributed by atoms with Gasteiger partial charge in [0.2, 0.25) is 5.95 Å². The molecule has 7 heterocycles. The van der Waals surface area contributed by atoms with Crippen LogP contribution >= 0.6 is 14.2 Å². The van der Waals surface area contributed by atoms with E-state index in [1.54, 1.807) is 0 Å². The summed E-state index contributed by atoms with van der Waals surface area (Å²) in [6.07, 6.45) is -6.50. The lowest BCUT2D eigenvalue weighted by molar-refractivity contribution is -0.0594. The van der Waals surface area contributed by atoms with E-state index in [1.807, 2.05) is 0 Å². The number of nitrogen functional groups attached to an aromatic ring is 2. The topological polar surface area (TPSA) is 261 Å². The summed E-state index contributed by atoms with van der Waals surface area (Å²) in [4.78, 5) is 46.3. The first-order chi connectivity index (χ1) is 21.9. The predicted molar refractivity (Wildman–Crippen MR) is 162 cm³/mol. The summed E-state index contributed by atoms with van der Waals surface area (Å²) in [6.45, 7) is -5.07. The van der Waals surface area contributed by atoms with E-state index in [0.717, 1.165) is 0 Å². The second-order valence-electron chi connectivity index (χ2n) is 10.1. The number of alkyl halides is 1. The van der Waals surface area contributed by atoms with E-state index < -0.39 is 89.7 Å². The predicted octanol–water partition coefficient (Wildman–Crippen LogP) is -1.22. The zero-order valence-corrected chi connectivity index (χ0v) is 25.5. The number of rotatable bonds is 3. The molecule has 9 unspecified atom stereocenters. The van der Waals surface area contributed by atoms with Gasteiger partial charge in [-0.1, -0.05) is 0 Å². The summed E-state index contributed by atoms with van der Waals surface area (Å²) in [5, 5.41) is 0. The van der Waals surface area contributed by atoms with Crippen LogP contribution in [0.15, 0.2) is 23.8 Å². The Morgan fingerprint density at radius 2 is 1.74 bits per heavy atom. The highest BCUT2D eigenvalue weighted by atomic mass is 32.5. The minimum absolute atomic E-state index is 0.0312. The largest absolute Gasteiger partial charge is 0.382 e. The molecule has 46 heavy (non-hydrogen) atoms. The van der Waals surface area contributed by atoms with Gasteiger partial charge in [0.15, 0.2) is 41.3 Å². The average Bonchev–Trinajstić information content (AvgIpc) is 3.75. The minimum Gasteiger partial charge on any atom is -0.382 e. The number of nitrogens with zero attached hydrogens (tertiary/aromatic N) is 7. The summed E-state index contributed by atoms with van der Waals surface area (Å²) in [5.41, 5.74) is 11.5. The Kier molecular flexibility index (Phi) is 8.00. The smallest absolute Gasteiger partial charge is 0.325 e. The average molecular weight is 703 g/mol. The van der Waals surface area contributed by atoms with Crippen molar-refractivity contribution in [1.29, 1.82) is 0 Å². The fourth-order valence-corrected chi connectivity index (χ4v) is 7.63. The van der Waals surface area contributed by atoms with Gasteiger partial charge in [0, 0.05) is 7.11 Å². The lowest BCUT2D eigenvalue weighted by Gasteiger charge is -2.30. The molecule has 3 aliphatic rings. The number of nitrogens with two attached hydrogens (primary N) is 2. The molecule has 20 nitrogen and oxygen atoms in total. The van der Waals surface area contributed by atoms with Crippen LogP contribution in [0.2, 0.25) is 0 Å². The Labute approximate surface area is 263 Å². The van der Waals surface area contributed by atoms with Gasteiger partial charge in [-0.3, -0.25) is 23.4 Å². The summed E-state index contributed by atoms with van der Waals surface area (Å²) in [5.74, 6) is -0.0908. The molecule has 0 saturated carbocycles. The Morgan fingerprint density at radius 3 is 2.50 bits per heavy atom. The van der Waals surface area contributed by atoms with Crippen LogP contribution in [0.4, 0.5) is 16.2 Å². The SMILES string of the molecule is [BH3-][P@]1(=O)OCC2OC(n3cnc4c(N)ncnc43)C(F)C2OP(O)(=S)OCC2OC(n3cnc4c(=O)[nH]c(N)nc43)C(O1)C2OC. The molecular weight excluding hydrogens is 676 g/mol. The zero-order valence-electron chi connectivity index (χ0n) is 22.9. The van der Waals surface area contributed by atoms with Crippen molar-refractivity contribution in [2.75, 3.05) is 31.8 Å². The highest BCUT2D eigenvalue weighted by Gasteiger charge is 2.53. The van der Waals surface area contributed by atoms with E-state index in [1.165, 1.54) is 35.2 Å². The fraction of sp³-hybridized carbons (Fsp3) is 0.524. The fourth-order valence-electron chi connectivity index (χ4n) is 5.44. The second kappa shape index (κ2) is 11.6. The van der Waals surface area contributed by atoms with Crippen LogP contribution in [0.5, 0.6) is 0 Å². The number of halogens is 1. The molecule has 0 amide bonds. The van der Waals surface area contributed by atoms with Crippen molar-refractivity contribution in [3.63, 3.8) is 0 Å². The van der Waals surface area contributed by atoms with Crippen molar-refractivity contribution in [2.24, 2.45) is 0 Å². The Bertz CT molecular complexity index is 1970. The van der Waals surface area contributed by atoms with Crippen molar-refractivity contribution < 1.29 is 46.2 Å². The molecule has 25 heteroatoms. The molecular formula is C21H27BFN10O10P2S-. The van der Waals surface area contributed by atoms with Gasteiger partial charge in [0.25, 0.3) is 5.56 Å². The quantitative estimate of drug-likeness (QED) is 0.144. The number of ether oxygens (including phenoxy) is 3. The first kappa shape index (κ1) is 31.6. The van der Waals surface area contributed by atoms with Gasteiger partial charge in [-0.2, -0.15) is 4.98 Å². The summed E-state index contributed by atoms with van der Waals surface area (Å²) < 4.78 is 73.8. The maximum absolute atomic E-state index is 16.1. The molecule has 248 valence electrons. The first-order valence-corrected chi connectivity index (χ1v) is 16.8. The summed E-state index contributed by atoms with van der Waals surface area (Å²) in [6, 6.07) is 0. The van der Waals surface area contributed by atoms with E-state index >= 15 is 4.39 Å². The van der Waals surface area contributed by atoms with Gasteiger partial charge < -0.3 is 48.7 Å². The van der Waals surface area contributed by atoms with Gasteiger partial charge in [0.05, 0.1) is 33.4 Å². The van der Waals surface area contributed by atoms with Gasteiger partial charge in [-0.05, 0) is 11.8 Å². The van der Waals surface area contributed by atoms with Crippen molar-refractivity contribution in [3.05, 3.63) is 29.3 Å². The van der Waals surface area contributed by atoms with Crippen LogP contribution < -0.4 is 17.0 Å². The van der Waals surface area contributed by atoms with Crippen molar-refractivity contribution in [1.82, 2.24) is 39.0 Å². The lowest BCUT2D eigenvalue weighted by Crippen LogP contribution is -2.37. The third-order valence-corrected chi connectivity index (χ3v) is 9.75. The molecule has 0 radical (unpaired) electrons. The molecule has 0 aliphatic carbocycles. The number of methoxy groups -OCH3 is 1. The highest BCUT2D eigenvalue weighted by molar-refractivity contribution is 8.07. The third-order valence-electron chi connectivity index (χ3n) is 7.42. The normalized spacial score (nSPS) is 37.1. The molecule has 2 bridgehead atoms. The number of fused-ring (bicyclic) bond motifs is 5. The Morgan fingerprint density at radius 1 is 1.04 bits per heavy atom. The molecule has 4 aromatic heterocycles. The van der Waals surface area contributed by atoms with Crippen LogP contribution in [0.3, 0.4) is 0 Å². The summed E-state index contributed by atoms with van der Waals surface area (Å²) in [7, 11) is -3.63. The maximum atomic E-state index is 16.1. The molecule has 3 aliphatic heterocycles. The number of hydrogen-bond acceptors (Lipinski definition) is 17. The molecule has 0 spiro atoms. The number of anilines is 2. The van der Waals surface area contributed by atoms with Crippen molar-refractivity contribution >= 4 is 67.7 Å². The number of aromatic nitrogens is 8. The molecule has 10 atom stereocenters. The van der Waals surface area contributed by atoms with Gasteiger partial charge in [-0.15, -0.1) is 0 Å². The van der Waals surface area contributed by atoms with E-state index in [9.17, 15) is 14.3 Å². The summed E-state index contributed by atoms with van der Waals surface area (Å²) >= 11 is 5.26. The van der Waals surface area contributed by atoms with Crippen LogP contribution in [-0.4, -0.2) is 109 Å². The molecule has 6 N–H and O–H groups in total. The maximum Gasteiger partial charge on any atom is 0.325 e. The Hall–Kier alpha value is -2.95. The van der Waals surface area contributed by atoms with E-state index in [-0.39, 0.29) is 34.1 Å². The second-order valence-corrected chi connectivity index (χ2v) is 13.8. The minimum atomic E-state index is -4.19.